The molecule has 0 aliphatic carbocycles. The topological polar surface area (TPSA) is 30.5 Å². The fourth-order valence-corrected chi connectivity index (χ4v) is 2.42. The van der Waals surface area contributed by atoms with E-state index >= 15 is 0 Å². The van der Waals surface area contributed by atoms with Gasteiger partial charge in [0, 0.05) is 32.2 Å². The smallest absolute Gasteiger partial charge is 0.0587 e. The second-order valence-electron chi connectivity index (χ2n) is 5.07. The lowest BCUT2D eigenvalue weighted by atomic mass is 9.79. The van der Waals surface area contributed by atoms with Gasteiger partial charge in [0.05, 0.1) is 13.2 Å². The Morgan fingerprint density at radius 3 is 2.80 bits per heavy atom. The summed E-state index contributed by atoms with van der Waals surface area (Å²) in [6, 6.07) is 0. The minimum Gasteiger partial charge on any atom is -0.383 e. The van der Waals surface area contributed by atoms with E-state index in [-0.39, 0.29) is 0 Å². The third-order valence-electron chi connectivity index (χ3n) is 3.01. The van der Waals surface area contributed by atoms with Crippen molar-refractivity contribution in [2.75, 3.05) is 40.0 Å². The quantitative estimate of drug-likeness (QED) is 0.655. The van der Waals surface area contributed by atoms with Crippen molar-refractivity contribution in [3.63, 3.8) is 0 Å². The van der Waals surface area contributed by atoms with E-state index in [9.17, 15) is 0 Å². The van der Waals surface area contributed by atoms with Gasteiger partial charge in [-0.2, -0.15) is 0 Å². The van der Waals surface area contributed by atoms with E-state index in [2.05, 4.69) is 19.2 Å². The highest BCUT2D eigenvalue weighted by molar-refractivity contribution is 4.86. The molecule has 1 fully saturated rings. The molecule has 3 heteroatoms. The van der Waals surface area contributed by atoms with Gasteiger partial charge < -0.3 is 14.8 Å². The van der Waals surface area contributed by atoms with Crippen LogP contribution in [0, 0.1) is 11.3 Å². The zero-order chi connectivity index (χ0) is 11.1. The average molecular weight is 215 g/mol. The summed E-state index contributed by atoms with van der Waals surface area (Å²) in [7, 11) is 1.74. The largest absolute Gasteiger partial charge is 0.383 e. The summed E-state index contributed by atoms with van der Waals surface area (Å²) in [5.41, 5.74) is 0.377. The maximum Gasteiger partial charge on any atom is 0.0587 e. The van der Waals surface area contributed by atoms with Crippen LogP contribution in [0.15, 0.2) is 0 Å². The van der Waals surface area contributed by atoms with Crippen LogP contribution >= 0.6 is 0 Å². The molecule has 1 heterocycles. The van der Waals surface area contributed by atoms with Crippen LogP contribution in [0.4, 0.5) is 0 Å². The van der Waals surface area contributed by atoms with Gasteiger partial charge in [-0.3, -0.25) is 0 Å². The number of rotatable bonds is 7. The third-order valence-corrected chi connectivity index (χ3v) is 3.01. The van der Waals surface area contributed by atoms with Crippen molar-refractivity contribution >= 4 is 0 Å². The standard InChI is InChI=1S/C12H25NO2/c1-11(2)8-12(4-6-15-10-12)9-13-5-7-14-3/h11,13H,4-10H2,1-3H3. The Bertz CT molecular complexity index is 165. The first kappa shape index (κ1) is 12.9. The zero-order valence-electron chi connectivity index (χ0n) is 10.3. The normalized spacial score (nSPS) is 26.4. The molecule has 0 aromatic rings. The Morgan fingerprint density at radius 1 is 1.47 bits per heavy atom. The van der Waals surface area contributed by atoms with Gasteiger partial charge in [-0.05, 0) is 18.8 Å². The predicted octanol–water partition coefficient (Wildman–Crippen LogP) is 1.68. The average Bonchev–Trinajstić information content (AvgIpc) is 2.61. The summed E-state index contributed by atoms with van der Waals surface area (Å²) < 4.78 is 10.6. The molecule has 1 aliphatic rings. The summed E-state index contributed by atoms with van der Waals surface area (Å²) in [6.45, 7) is 9.22. The van der Waals surface area contributed by atoms with Crippen molar-refractivity contribution in [3.05, 3.63) is 0 Å². The number of nitrogens with one attached hydrogen (secondary N) is 1. The van der Waals surface area contributed by atoms with E-state index in [1.807, 2.05) is 0 Å². The van der Waals surface area contributed by atoms with Crippen molar-refractivity contribution < 1.29 is 9.47 Å². The van der Waals surface area contributed by atoms with E-state index < -0.39 is 0 Å². The number of hydrogen-bond acceptors (Lipinski definition) is 3. The van der Waals surface area contributed by atoms with Crippen LogP contribution in [0.1, 0.15) is 26.7 Å². The van der Waals surface area contributed by atoms with Gasteiger partial charge in [-0.1, -0.05) is 13.8 Å². The lowest BCUT2D eigenvalue weighted by Gasteiger charge is -2.29. The Balaban J connectivity index is 2.29. The number of hydrogen-bond donors (Lipinski definition) is 1. The molecule has 3 nitrogen and oxygen atoms in total. The van der Waals surface area contributed by atoms with Gasteiger partial charge >= 0.3 is 0 Å². The molecule has 0 amide bonds. The second kappa shape index (κ2) is 6.46. The first-order valence-corrected chi connectivity index (χ1v) is 5.96. The van der Waals surface area contributed by atoms with Crippen LogP contribution in [0.25, 0.3) is 0 Å². The van der Waals surface area contributed by atoms with E-state index in [1.54, 1.807) is 7.11 Å². The van der Waals surface area contributed by atoms with Gasteiger partial charge in [0.25, 0.3) is 0 Å². The first-order valence-electron chi connectivity index (χ1n) is 5.96. The molecule has 1 unspecified atom stereocenters. The predicted molar refractivity (Wildman–Crippen MR) is 62.1 cm³/mol. The summed E-state index contributed by atoms with van der Waals surface area (Å²) in [4.78, 5) is 0. The van der Waals surface area contributed by atoms with Crippen molar-refractivity contribution in [1.82, 2.24) is 5.32 Å². The van der Waals surface area contributed by atoms with Crippen LogP contribution in [-0.4, -0.2) is 40.0 Å². The molecule has 0 spiro atoms. The van der Waals surface area contributed by atoms with Crippen LogP contribution in [-0.2, 0) is 9.47 Å². The van der Waals surface area contributed by atoms with E-state index in [0.29, 0.717) is 5.41 Å². The molecule has 0 saturated carbocycles. The molecule has 1 N–H and O–H groups in total. The Morgan fingerprint density at radius 2 is 2.27 bits per heavy atom. The van der Waals surface area contributed by atoms with Gasteiger partial charge in [0.2, 0.25) is 0 Å². The Hall–Kier alpha value is -0.120. The maximum atomic E-state index is 5.55. The van der Waals surface area contributed by atoms with Crippen molar-refractivity contribution in [2.45, 2.75) is 26.7 Å². The lowest BCUT2D eigenvalue weighted by Crippen LogP contribution is -2.37. The summed E-state index contributed by atoms with van der Waals surface area (Å²) >= 11 is 0. The number of methoxy groups -OCH3 is 1. The monoisotopic (exact) mass is 215 g/mol. The van der Waals surface area contributed by atoms with Gasteiger partial charge in [-0.25, -0.2) is 0 Å². The molecule has 0 aromatic heterocycles. The highest BCUT2D eigenvalue weighted by Gasteiger charge is 2.34. The van der Waals surface area contributed by atoms with Gasteiger partial charge in [0.15, 0.2) is 0 Å². The SMILES string of the molecule is COCCNCC1(CC(C)C)CCOC1. The van der Waals surface area contributed by atoms with Gasteiger partial charge in [0.1, 0.15) is 0 Å². The molecule has 90 valence electrons. The Kier molecular flexibility index (Phi) is 5.58. The van der Waals surface area contributed by atoms with Gasteiger partial charge in [-0.15, -0.1) is 0 Å². The van der Waals surface area contributed by atoms with Crippen LogP contribution in [0.3, 0.4) is 0 Å². The molecular formula is C12H25NO2. The van der Waals surface area contributed by atoms with Crippen LogP contribution in [0.5, 0.6) is 0 Å². The molecule has 1 aliphatic heterocycles. The molecule has 0 bridgehead atoms. The molecule has 15 heavy (non-hydrogen) atoms. The summed E-state index contributed by atoms with van der Waals surface area (Å²) in [6.07, 6.45) is 2.46. The highest BCUT2D eigenvalue weighted by Crippen LogP contribution is 2.34. The fraction of sp³-hybridized carbons (Fsp3) is 1.00. The molecule has 0 radical (unpaired) electrons. The zero-order valence-corrected chi connectivity index (χ0v) is 10.3. The lowest BCUT2D eigenvalue weighted by molar-refractivity contribution is 0.130. The first-order chi connectivity index (χ1) is 7.18. The molecule has 1 rings (SSSR count). The minimum absolute atomic E-state index is 0.377. The van der Waals surface area contributed by atoms with Crippen molar-refractivity contribution in [1.29, 1.82) is 0 Å². The molecular weight excluding hydrogens is 190 g/mol. The minimum atomic E-state index is 0.377. The van der Waals surface area contributed by atoms with E-state index in [1.165, 1.54) is 12.8 Å². The van der Waals surface area contributed by atoms with E-state index in [4.69, 9.17) is 9.47 Å². The molecule has 1 atom stereocenters. The van der Waals surface area contributed by atoms with Crippen molar-refractivity contribution in [3.8, 4) is 0 Å². The summed E-state index contributed by atoms with van der Waals surface area (Å²) in [5.74, 6) is 0.746. The van der Waals surface area contributed by atoms with Crippen LogP contribution in [0.2, 0.25) is 0 Å². The fourth-order valence-electron chi connectivity index (χ4n) is 2.42. The molecule has 0 aromatic carbocycles. The summed E-state index contributed by atoms with van der Waals surface area (Å²) in [5, 5.41) is 3.47. The maximum absolute atomic E-state index is 5.55. The van der Waals surface area contributed by atoms with Crippen LogP contribution < -0.4 is 5.32 Å². The highest BCUT2D eigenvalue weighted by atomic mass is 16.5. The van der Waals surface area contributed by atoms with Crippen molar-refractivity contribution in [2.24, 2.45) is 11.3 Å². The Labute approximate surface area is 93.5 Å². The third kappa shape index (κ3) is 4.49. The van der Waals surface area contributed by atoms with E-state index in [0.717, 1.165) is 38.8 Å². The molecule has 1 saturated heterocycles. The number of ether oxygens (including phenoxy) is 2. The second-order valence-corrected chi connectivity index (χ2v) is 5.07.